The Kier molecular flexibility index (Phi) is 6.26. The van der Waals surface area contributed by atoms with Crippen molar-refractivity contribution < 1.29 is 4.74 Å². The SMILES string of the molecule is COc1ccc(C)cc1Nc1cc(C)nc(NCCCc2ccccc2)n1. The van der Waals surface area contributed by atoms with E-state index in [0.29, 0.717) is 5.95 Å². The minimum absolute atomic E-state index is 0.636. The number of hydrogen-bond donors (Lipinski definition) is 2. The number of anilines is 3. The van der Waals surface area contributed by atoms with Gasteiger partial charge in [-0.25, -0.2) is 4.98 Å². The van der Waals surface area contributed by atoms with Crippen molar-refractivity contribution in [1.82, 2.24) is 9.97 Å². The maximum atomic E-state index is 5.43. The van der Waals surface area contributed by atoms with E-state index in [1.54, 1.807) is 7.11 Å². The molecular formula is C22H26N4O. The molecule has 0 amide bonds. The molecule has 2 N–H and O–H groups in total. The largest absolute Gasteiger partial charge is 0.495 e. The van der Waals surface area contributed by atoms with Crippen LogP contribution < -0.4 is 15.4 Å². The Morgan fingerprint density at radius 2 is 1.78 bits per heavy atom. The van der Waals surface area contributed by atoms with Gasteiger partial charge in [-0.05, 0) is 49.9 Å². The zero-order valence-corrected chi connectivity index (χ0v) is 16.1. The van der Waals surface area contributed by atoms with Gasteiger partial charge < -0.3 is 15.4 Å². The van der Waals surface area contributed by atoms with Crippen LogP contribution in [0.2, 0.25) is 0 Å². The lowest BCUT2D eigenvalue weighted by molar-refractivity contribution is 0.416. The molecule has 3 aromatic rings. The van der Waals surface area contributed by atoms with Crippen LogP contribution in [0.25, 0.3) is 0 Å². The average molecular weight is 362 g/mol. The van der Waals surface area contributed by atoms with Gasteiger partial charge in [-0.2, -0.15) is 4.98 Å². The number of ether oxygens (including phenoxy) is 1. The Morgan fingerprint density at radius 3 is 2.56 bits per heavy atom. The standard InChI is InChI=1S/C22H26N4O/c1-16-11-12-20(27-3)19(14-16)25-21-15-17(2)24-22(26-21)23-13-7-10-18-8-5-4-6-9-18/h4-6,8-9,11-12,14-15H,7,10,13H2,1-3H3,(H2,23,24,25,26). The topological polar surface area (TPSA) is 59.1 Å². The summed E-state index contributed by atoms with van der Waals surface area (Å²) in [5, 5.41) is 6.67. The number of rotatable bonds is 8. The molecule has 0 aliphatic carbocycles. The van der Waals surface area contributed by atoms with Crippen LogP contribution in [0.1, 0.15) is 23.2 Å². The van der Waals surface area contributed by atoms with Crippen molar-refractivity contribution >= 4 is 17.5 Å². The van der Waals surface area contributed by atoms with Gasteiger partial charge >= 0.3 is 0 Å². The van der Waals surface area contributed by atoms with Crippen molar-refractivity contribution in [3.63, 3.8) is 0 Å². The minimum atomic E-state index is 0.636. The van der Waals surface area contributed by atoms with E-state index < -0.39 is 0 Å². The van der Waals surface area contributed by atoms with Gasteiger partial charge in [0.15, 0.2) is 0 Å². The van der Waals surface area contributed by atoms with Crippen molar-refractivity contribution in [2.45, 2.75) is 26.7 Å². The van der Waals surface area contributed by atoms with E-state index in [1.807, 2.05) is 37.3 Å². The van der Waals surface area contributed by atoms with Gasteiger partial charge in [0.2, 0.25) is 5.95 Å². The van der Waals surface area contributed by atoms with Crippen molar-refractivity contribution in [3.05, 3.63) is 71.4 Å². The molecular weight excluding hydrogens is 336 g/mol. The summed E-state index contributed by atoms with van der Waals surface area (Å²) in [6.07, 6.45) is 2.06. The molecule has 3 rings (SSSR count). The Morgan fingerprint density at radius 1 is 0.963 bits per heavy atom. The minimum Gasteiger partial charge on any atom is -0.495 e. The van der Waals surface area contributed by atoms with Crippen LogP contribution >= 0.6 is 0 Å². The van der Waals surface area contributed by atoms with Crippen molar-refractivity contribution in [2.75, 3.05) is 24.3 Å². The number of aryl methyl sites for hydroxylation is 3. The monoisotopic (exact) mass is 362 g/mol. The Labute approximate surface area is 160 Å². The first-order chi connectivity index (χ1) is 13.1. The predicted octanol–water partition coefficient (Wildman–Crippen LogP) is 4.89. The van der Waals surface area contributed by atoms with E-state index in [0.717, 1.165) is 47.9 Å². The molecule has 0 radical (unpaired) electrons. The molecule has 1 heterocycles. The predicted molar refractivity (Wildman–Crippen MR) is 111 cm³/mol. The molecule has 27 heavy (non-hydrogen) atoms. The van der Waals surface area contributed by atoms with E-state index in [9.17, 15) is 0 Å². The van der Waals surface area contributed by atoms with Gasteiger partial charge in [0.1, 0.15) is 11.6 Å². The normalized spacial score (nSPS) is 10.5. The Balaban J connectivity index is 1.63. The summed E-state index contributed by atoms with van der Waals surface area (Å²) < 4.78 is 5.43. The molecule has 2 aromatic carbocycles. The highest BCUT2D eigenvalue weighted by molar-refractivity contribution is 5.65. The number of benzene rings is 2. The van der Waals surface area contributed by atoms with Crippen LogP contribution in [-0.2, 0) is 6.42 Å². The molecule has 0 fully saturated rings. The fraction of sp³-hybridized carbons (Fsp3) is 0.273. The average Bonchev–Trinajstić information content (AvgIpc) is 2.66. The molecule has 0 unspecified atom stereocenters. The van der Waals surface area contributed by atoms with Gasteiger partial charge in [0, 0.05) is 18.3 Å². The lowest BCUT2D eigenvalue weighted by atomic mass is 10.1. The molecule has 0 aliphatic heterocycles. The molecule has 0 saturated heterocycles. The second-order valence-electron chi connectivity index (χ2n) is 6.56. The van der Waals surface area contributed by atoms with Crippen LogP contribution in [0.15, 0.2) is 54.6 Å². The summed E-state index contributed by atoms with van der Waals surface area (Å²) in [4.78, 5) is 9.08. The van der Waals surface area contributed by atoms with Gasteiger partial charge in [-0.3, -0.25) is 0 Å². The Bertz CT molecular complexity index is 881. The first-order valence-corrected chi connectivity index (χ1v) is 9.19. The van der Waals surface area contributed by atoms with Crippen molar-refractivity contribution in [2.24, 2.45) is 0 Å². The summed E-state index contributed by atoms with van der Waals surface area (Å²) in [5.74, 6) is 2.17. The third kappa shape index (κ3) is 5.45. The van der Waals surface area contributed by atoms with Gasteiger partial charge in [-0.15, -0.1) is 0 Å². The van der Waals surface area contributed by atoms with E-state index in [-0.39, 0.29) is 0 Å². The molecule has 140 valence electrons. The van der Waals surface area contributed by atoms with Crippen molar-refractivity contribution in [1.29, 1.82) is 0 Å². The molecule has 5 nitrogen and oxygen atoms in total. The number of methoxy groups -OCH3 is 1. The zero-order chi connectivity index (χ0) is 19.1. The third-order valence-corrected chi connectivity index (χ3v) is 4.24. The fourth-order valence-corrected chi connectivity index (χ4v) is 2.91. The van der Waals surface area contributed by atoms with Crippen LogP contribution in [-0.4, -0.2) is 23.6 Å². The summed E-state index contributed by atoms with van der Waals surface area (Å²) in [5.41, 5.74) is 4.30. The molecule has 0 aliphatic rings. The summed E-state index contributed by atoms with van der Waals surface area (Å²) in [6, 6.07) is 18.4. The lowest BCUT2D eigenvalue weighted by Gasteiger charge is -2.13. The molecule has 0 spiro atoms. The number of nitrogens with one attached hydrogen (secondary N) is 2. The van der Waals surface area contributed by atoms with Gasteiger partial charge in [0.05, 0.1) is 12.8 Å². The number of nitrogens with zero attached hydrogens (tertiary/aromatic N) is 2. The molecule has 0 saturated carbocycles. The maximum absolute atomic E-state index is 5.43. The Hall–Kier alpha value is -3.08. The number of aromatic nitrogens is 2. The second kappa shape index (κ2) is 9.03. The van der Waals surface area contributed by atoms with Gasteiger partial charge in [0.25, 0.3) is 0 Å². The molecule has 0 atom stereocenters. The van der Waals surface area contributed by atoms with Crippen LogP contribution in [0.5, 0.6) is 5.75 Å². The molecule has 5 heteroatoms. The van der Waals surface area contributed by atoms with E-state index in [4.69, 9.17) is 4.74 Å². The fourth-order valence-electron chi connectivity index (χ4n) is 2.91. The maximum Gasteiger partial charge on any atom is 0.224 e. The first kappa shape index (κ1) is 18.7. The highest BCUT2D eigenvalue weighted by atomic mass is 16.5. The second-order valence-corrected chi connectivity index (χ2v) is 6.56. The highest BCUT2D eigenvalue weighted by Gasteiger charge is 2.07. The van der Waals surface area contributed by atoms with Crippen LogP contribution in [0, 0.1) is 13.8 Å². The van der Waals surface area contributed by atoms with E-state index >= 15 is 0 Å². The van der Waals surface area contributed by atoms with Crippen LogP contribution in [0.3, 0.4) is 0 Å². The quantitative estimate of drug-likeness (QED) is 0.559. The first-order valence-electron chi connectivity index (χ1n) is 9.19. The molecule has 1 aromatic heterocycles. The summed E-state index contributed by atoms with van der Waals surface area (Å²) in [7, 11) is 1.67. The zero-order valence-electron chi connectivity index (χ0n) is 16.1. The van der Waals surface area contributed by atoms with E-state index in [2.05, 4.69) is 51.8 Å². The molecule has 0 bridgehead atoms. The number of hydrogen-bond acceptors (Lipinski definition) is 5. The van der Waals surface area contributed by atoms with Gasteiger partial charge in [-0.1, -0.05) is 36.4 Å². The van der Waals surface area contributed by atoms with Crippen molar-refractivity contribution in [3.8, 4) is 5.75 Å². The van der Waals surface area contributed by atoms with Crippen LogP contribution in [0.4, 0.5) is 17.5 Å². The smallest absolute Gasteiger partial charge is 0.224 e. The summed E-state index contributed by atoms with van der Waals surface area (Å²) in [6.45, 7) is 4.84. The highest BCUT2D eigenvalue weighted by Crippen LogP contribution is 2.28. The van der Waals surface area contributed by atoms with E-state index in [1.165, 1.54) is 5.56 Å². The summed E-state index contributed by atoms with van der Waals surface area (Å²) >= 11 is 0. The third-order valence-electron chi connectivity index (χ3n) is 4.24. The lowest BCUT2D eigenvalue weighted by Crippen LogP contribution is -2.08.